The van der Waals surface area contributed by atoms with Crippen molar-refractivity contribution in [3.63, 3.8) is 0 Å². The summed E-state index contributed by atoms with van der Waals surface area (Å²) < 4.78 is 5.39. The number of esters is 1. The number of hydrogen-bond acceptors (Lipinski definition) is 2. The number of rotatable bonds is 8. The monoisotopic (exact) mass is 258 g/mol. The predicted octanol–water partition coefficient (Wildman–Crippen LogP) is 4.13. The van der Waals surface area contributed by atoms with Gasteiger partial charge in [0.25, 0.3) is 0 Å². The van der Waals surface area contributed by atoms with Gasteiger partial charge in [-0.1, -0.05) is 49.4 Å². The van der Waals surface area contributed by atoms with Gasteiger partial charge in [0.1, 0.15) is 6.61 Å². The molecule has 0 fully saturated rings. The molecule has 2 nitrogen and oxygen atoms in total. The van der Waals surface area contributed by atoms with E-state index in [4.69, 9.17) is 4.74 Å². The van der Waals surface area contributed by atoms with Gasteiger partial charge in [0.05, 0.1) is 5.92 Å². The van der Waals surface area contributed by atoms with Gasteiger partial charge < -0.3 is 4.74 Å². The van der Waals surface area contributed by atoms with Crippen LogP contribution in [0.25, 0.3) is 0 Å². The highest BCUT2D eigenvalue weighted by Gasteiger charge is 2.23. The Bertz CT molecular complexity index is 409. The van der Waals surface area contributed by atoms with Gasteiger partial charge >= 0.3 is 5.97 Å². The largest absolute Gasteiger partial charge is 0.461 e. The van der Waals surface area contributed by atoms with Crippen LogP contribution in [0.1, 0.15) is 25.3 Å². The molecule has 0 aromatic heterocycles. The second-order valence-electron chi connectivity index (χ2n) is 4.66. The zero-order chi connectivity index (χ0) is 14.1. The standard InChI is InChI=1S/C17H22O2/c1-4-6-12-16(14(3)5-2)17(18)19-13-15-10-8-7-9-11-15/h4-5,7-11,14,16H,1-2,6,12-13H2,3H3/t14-,16-/m0/s1. The van der Waals surface area contributed by atoms with Crippen LogP contribution in [0.2, 0.25) is 0 Å². The molecule has 19 heavy (non-hydrogen) atoms. The van der Waals surface area contributed by atoms with E-state index >= 15 is 0 Å². The fraction of sp³-hybridized carbons (Fsp3) is 0.353. The van der Waals surface area contributed by atoms with Crippen LogP contribution in [0.4, 0.5) is 0 Å². The molecule has 0 aliphatic heterocycles. The second kappa shape index (κ2) is 8.30. The van der Waals surface area contributed by atoms with E-state index in [9.17, 15) is 4.79 Å². The Hall–Kier alpha value is -1.83. The molecule has 0 aliphatic rings. The van der Waals surface area contributed by atoms with Crippen molar-refractivity contribution >= 4 is 5.97 Å². The maximum Gasteiger partial charge on any atom is 0.309 e. The second-order valence-corrected chi connectivity index (χ2v) is 4.66. The van der Waals surface area contributed by atoms with Gasteiger partial charge in [0.2, 0.25) is 0 Å². The first-order valence-electron chi connectivity index (χ1n) is 6.63. The summed E-state index contributed by atoms with van der Waals surface area (Å²) in [6.07, 6.45) is 5.19. The molecule has 1 aromatic carbocycles. The zero-order valence-corrected chi connectivity index (χ0v) is 11.5. The molecular weight excluding hydrogens is 236 g/mol. The van der Waals surface area contributed by atoms with Crippen molar-refractivity contribution < 1.29 is 9.53 Å². The minimum Gasteiger partial charge on any atom is -0.461 e. The Kier molecular flexibility index (Phi) is 6.65. The van der Waals surface area contributed by atoms with Crippen LogP contribution in [0.15, 0.2) is 55.6 Å². The first-order chi connectivity index (χ1) is 9.19. The smallest absolute Gasteiger partial charge is 0.309 e. The van der Waals surface area contributed by atoms with E-state index in [2.05, 4.69) is 13.2 Å². The average molecular weight is 258 g/mol. The molecule has 0 heterocycles. The molecule has 0 spiro atoms. The lowest BCUT2D eigenvalue weighted by atomic mass is 9.90. The molecule has 0 radical (unpaired) electrons. The maximum absolute atomic E-state index is 12.1. The molecule has 0 N–H and O–H groups in total. The van der Waals surface area contributed by atoms with Crippen LogP contribution in [-0.4, -0.2) is 5.97 Å². The zero-order valence-electron chi connectivity index (χ0n) is 11.5. The number of carbonyl (C=O) groups excluding carboxylic acids is 1. The minimum absolute atomic E-state index is 0.114. The van der Waals surface area contributed by atoms with E-state index in [0.717, 1.165) is 18.4 Å². The van der Waals surface area contributed by atoms with Crippen molar-refractivity contribution in [2.45, 2.75) is 26.4 Å². The number of benzene rings is 1. The fourth-order valence-electron chi connectivity index (χ4n) is 1.89. The van der Waals surface area contributed by atoms with Crippen LogP contribution < -0.4 is 0 Å². The lowest BCUT2D eigenvalue weighted by Crippen LogP contribution is -2.23. The summed E-state index contributed by atoms with van der Waals surface area (Å²) >= 11 is 0. The summed E-state index contributed by atoms with van der Waals surface area (Å²) in [7, 11) is 0. The van der Waals surface area contributed by atoms with E-state index in [1.54, 1.807) is 6.08 Å². The topological polar surface area (TPSA) is 26.3 Å². The molecule has 2 heteroatoms. The molecule has 102 valence electrons. The maximum atomic E-state index is 12.1. The summed E-state index contributed by atoms with van der Waals surface area (Å²) in [6, 6.07) is 9.71. The fourth-order valence-corrected chi connectivity index (χ4v) is 1.89. The van der Waals surface area contributed by atoms with Gasteiger partial charge in [0.15, 0.2) is 0 Å². The summed E-state index contributed by atoms with van der Waals surface area (Å²) in [4.78, 5) is 12.1. The molecule has 0 saturated heterocycles. The molecule has 0 unspecified atom stereocenters. The van der Waals surface area contributed by atoms with Gasteiger partial charge in [-0.15, -0.1) is 13.2 Å². The third-order valence-corrected chi connectivity index (χ3v) is 3.21. The van der Waals surface area contributed by atoms with Crippen LogP contribution >= 0.6 is 0 Å². The first-order valence-corrected chi connectivity index (χ1v) is 6.63. The molecule has 0 bridgehead atoms. The van der Waals surface area contributed by atoms with Crippen molar-refractivity contribution in [1.29, 1.82) is 0 Å². The molecular formula is C17H22O2. The van der Waals surface area contributed by atoms with E-state index in [-0.39, 0.29) is 17.8 Å². The molecule has 0 saturated carbocycles. The molecule has 0 aliphatic carbocycles. The molecule has 0 amide bonds. The number of carbonyl (C=O) groups is 1. The van der Waals surface area contributed by atoms with Crippen LogP contribution in [0, 0.1) is 11.8 Å². The van der Waals surface area contributed by atoms with Gasteiger partial charge in [-0.05, 0) is 24.3 Å². The lowest BCUT2D eigenvalue weighted by Gasteiger charge is -2.19. The average Bonchev–Trinajstić information content (AvgIpc) is 2.46. The lowest BCUT2D eigenvalue weighted by molar-refractivity contribution is -0.151. The molecule has 1 rings (SSSR count). The SMILES string of the molecule is C=CCC[C@H](C(=O)OCc1ccccc1)[C@@H](C)C=C. The van der Waals surface area contributed by atoms with Crippen molar-refractivity contribution in [3.8, 4) is 0 Å². The number of allylic oxidation sites excluding steroid dienone is 2. The summed E-state index contributed by atoms with van der Waals surface area (Å²) in [6.45, 7) is 9.77. The summed E-state index contributed by atoms with van der Waals surface area (Å²) in [5.41, 5.74) is 1.00. The van der Waals surface area contributed by atoms with Crippen molar-refractivity contribution in [3.05, 3.63) is 61.2 Å². The highest BCUT2D eigenvalue weighted by molar-refractivity contribution is 5.73. The van der Waals surface area contributed by atoms with Crippen molar-refractivity contribution in [2.24, 2.45) is 11.8 Å². The third kappa shape index (κ3) is 5.12. The Balaban J connectivity index is 2.56. The van der Waals surface area contributed by atoms with E-state index in [1.165, 1.54) is 0 Å². The molecule has 1 aromatic rings. The summed E-state index contributed by atoms with van der Waals surface area (Å²) in [5, 5.41) is 0. The van der Waals surface area contributed by atoms with E-state index in [1.807, 2.05) is 43.3 Å². The highest BCUT2D eigenvalue weighted by atomic mass is 16.5. The van der Waals surface area contributed by atoms with E-state index < -0.39 is 0 Å². The van der Waals surface area contributed by atoms with Gasteiger partial charge in [-0.25, -0.2) is 0 Å². The van der Waals surface area contributed by atoms with Crippen LogP contribution in [-0.2, 0) is 16.1 Å². The predicted molar refractivity (Wildman–Crippen MR) is 78.5 cm³/mol. The minimum atomic E-state index is -0.155. The Morgan fingerprint density at radius 3 is 2.58 bits per heavy atom. The Morgan fingerprint density at radius 1 is 1.32 bits per heavy atom. The van der Waals surface area contributed by atoms with Crippen molar-refractivity contribution in [1.82, 2.24) is 0 Å². The normalized spacial score (nSPS) is 13.3. The number of ether oxygens (including phenoxy) is 1. The third-order valence-electron chi connectivity index (χ3n) is 3.21. The Labute approximate surface area is 115 Å². The van der Waals surface area contributed by atoms with Gasteiger partial charge in [0, 0.05) is 0 Å². The number of hydrogen-bond donors (Lipinski definition) is 0. The highest BCUT2D eigenvalue weighted by Crippen LogP contribution is 2.21. The van der Waals surface area contributed by atoms with E-state index in [0.29, 0.717) is 6.61 Å². The molecule has 2 atom stereocenters. The van der Waals surface area contributed by atoms with Gasteiger partial charge in [-0.2, -0.15) is 0 Å². The van der Waals surface area contributed by atoms with Gasteiger partial charge in [-0.3, -0.25) is 4.79 Å². The first kappa shape index (κ1) is 15.2. The van der Waals surface area contributed by atoms with Crippen LogP contribution in [0.5, 0.6) is 0 Å². The Morgan fingerprint density at radius 2 is 2.00 bits per heavy atom. The van der Waals surface area contributed by atoms with Crippen LogP contribution in [0.3, 0.4) is 0 Å². The van der Waals surface area contributed by atoms with Crippen molar-refractivity contribution in [2.75, 3.05) is 0 Å². The summed E-state index contributed by atoms with van der Waals surface area (Å²) in [5.74, 6) is -0.180. The quantitative estimate of drug-likeness (QED) is 0.517.